The van der Waals surface area contributed by atoms with Gasteiger partial charge in [-0.25, -0.2) is 0 Å². The van der Waals surface area contributed by atoms with E-state index in [1.165, 1.54) is 38.5 Å². The number of hydrogen-bond acceptors (Lipinski definition) is 4. The van der Waals surface area contributed by atoms with E-state index in [9.17, 15) is 25.9 Å². The molecule has 0 amide bonds. The van der Waals surface area contributed by atoms with Crippen molar-refractivity contribution >= 4 is 31.0 Å². The summed E-state index contributed by atoms with van der Waals surface area (Å²) in [5.41, 5.74) is 0.944. The molecule has 0 atom stereocenters. The van der Waals surface area contributed by atoms with Crippen LogP contribution >= 0.6 is 0 Å². The summed E-state index contributed by atoms with van der Waals surface area (Å²) in [5, 5.41) is 0.266. The van der Waals surface area contributed by atoms with Crippen LogP contribution in [0.15, 0.2) is 34.1 Å². The normalized spacial score (nSPS) is 12.4. The largest absolute Gasteiger partial charge is 0.295 e. The van der Waals surface area contributed by atoms with E-state index in [4.69, 9.17) is 0 Å². The first-order valence-electron chi connectivity index (χ1n) is 13.6. The molecule has 6 nitrogen and oxygen atoms in total. The van der Waals surface area contributed by atoms with E-state index in [1.54, 1.807) is 24.3 Å². The minimum Gasteiger partial charge on any atom is -0.282 e. The van der Waals surface area contributed by atoms with E-state index in [0.717, 1.165) is 51.4 Å². The molecule has 0 aliphatic rings. The zero-order chi connectivity index (χ0) is 26.6. The molecule has 0 aliphatic carbocycles. The quantitative estimate of drug-likeness (QED) is 0.147. The summed E-state index contributed by atoms with van der Waals surface area (Å²) in [6.07, 6.45) is 16.1. The lowest BCUT2D eigenvalue weighted by Crippen LogP contribution is -2.09. The highest BCUT2D eigenvalue weighted by atomic mass is 32.2. The molecule has 0 fully saturated rings. The molecule has 204 valence electrons. The summed E-state index contributed by atoms with van der Waals surface area (Å²) in [5.74, 6) is 0. The number of benzene rings is 2. The molecule has 2 N–H and O–H groups in total. The van der Waals surface area contributed by atoms with Crippen molar-refractivity contribution in [2.75, 3.05) is 0 Å². The molecule has 2 rings (SSSR count). The van der Waals surface area contributed by atoms with Gasteiger partial charge in [-0.3, -0.25) is 9.11 Å². The van der Waals surface area contributed by atoms with Gasteiger partial charge in [-0.05, 0) is 36.8 Å². The second kappa shape index (κ2) is 15.1. The number of fused-ring (bicyclic) bond motifs is 1. The van der Waals surface area contributed by atoms with Crippen LogP contribution in [-0.4, -0.2) is 25.9 Å². The van der Waals surface area contributed by atoms with Crippen LogP contribution in [0, 0.1) is 0 Å². The molecule has 0 radical (unpaired) electrons. The molecule has 36 heavy (non-hydrogen) atoms. The summed E-state index contributed by atoms with van der Waals surface area (Å²) in [6, 6.07) is 6.29. The molecule has 0 heterocycles. The predicted molar refractivity (Wildman–Crippen MR) is 147 cm³/mol. The molecular weight excluding hydrogens is 496 g/mol. The summed E-state index contributed by atoms with van der Waals surface area (Å²) in [4.78, 5) is -0.503. The zero-order valence-electron chi connectivity index (χ0n) is 22.0. The van der Waals surface area contributed by atoms with Gasteiger partial charge in [-0.1, -0.05) is 115 Å². The third-order valence-electron chi connectivity index (χ3n) is 6.88. The predicted octanol–water partition coefficient (Wildman–Crippen LogP) is 7.92. The van der Waals surface area contributed by atoms with Crippen LogP contribution in [-0.2, 0) is 33.1 Å². The number of unbranched alkanes of at least 4 members (excludes halogenated alkanes) is 12. The first-order chi connectivity index (χ1) is 17.1. The third-order valence-corrected chi connectivity index (χ3v) is 8.88. The molecule has 0 saturated carbocycles. The minimum atomic E-state index is -4.60. The molecule has 0 bridgehead atoms. The average Bonchev–Trinajstić information content (AvgIpc) is 2.80. The van der Waals surface area contributed by atoms with E-state index >= 15 is 0 Å². The first-order valence-corrected chi connectivity index (χ1v) is 16.5. The fraction of sp³-hybridized carbons (Fsp3) is 0.643. The van der Waals surface area contributed by atoms with Crippen LogP contribution in [0.4, 0.5) is 0 Å². The molecule has 2 aromatic carbocycles. The highest BCUT2D eigenvalue weighted by Crippen LogP contribution is 2.34. The molecule has 0 spiro atoms. The van der Waals surface area contributed by atoms with Crippen LogP contribution in [0.2, 0.25) is 0 Å². The van der Waals surface area contributed by atoms with Crippen molar-refractivity contribution in [2.45, 2.75) is 126 Å². The Morgan fingerprint density at radius 2 is 0.806 bits per heavy atom. The Labute approximate surface area is 218 Å². The van der Waals surface area contributed by atoms with Gasteiger partial charge >= 0.3 is 0 Å². The fourth-order valence-corrected chi connectivity index (χ4v) is 6.90. The lowest BCUT2D eigenvalue weighted by Gasteiger charge is -2.15. The van der Waals surface area contributed by atoms with Gasteiger partial charge in [0.2, 0.25) is 0 Å². The van der Waals surface area contributed by atoms with E-state index in [1.807, 2.05) is 0 Å². The van der Waals surface area contributed by atoms with E-state index in [-0.39, 0.29) is 20.6 Å². The van der Waals surface area contributed by atoms with Gasteiger partial charge in [0.05, 0.1) is 0 Å². The standard InChI is InChI=1S/C28H44O6S2/c1-3-5-7-9-11-13-15-17-23-19-21-26-25(27(23)35(29,30)31)22-20-24(28(26)36(32,33)34)18-16-14-12-10-8-6-4-2/h19-22H,3-18H2,1-2H3,(H,29,30,31)(H,32,33,34). The third kappa shape index (κ3) is 9.43. The Hall–Kier alpha value is -1.48. The maximum atomic E-state index is 12.4. The maximum absolute atomic E-state index is 12.4. The minimum absolute atomic E-state index is 0.133. The summed E-state index contributed by atoms with van der Waals surface area (Å²) in [6.45, 7) is 4.34. The van der Waals surface area contributed by atoms with Crippen molar-refractivity contribution < 1.29 is 25.9 Å². The van der Waals surface area contributed by atoms with Crippen molar-refractivity contribution in [1.29, 1.82) is 0 Å². The average molecular weight is 541 g/mol. The van der Waals surface area contributed by atoms with Crippen LogP contribution in [0.25, 0.3) is 10.8 Å². The summed E-state index contributed by atoms with van der Waals surface area (Å²) in [7, 11) is -9.20. The maximum Gasteiger partial charge on any atom is 0.295 e. The lowest BCUT2D eigenvalue weighted by molar-refractivity contribution is 0.479. The molecule has 2 aromatic rings. The summed E-state index contributed by atoms with van der Waals surface area (Å²) < 4.78 is 69.6. The first kappa shape index (κ1) is 30.7. The van der Waals surface area contributed by atoms with Gasteiger partial charge in [-0.2, -0.15) is 16.8 Å². The van der Waals surface area contributed by atoms with Crippen molar-refractivity contribution in [3.8, 4) is 0 Å². The van der Waals surface area contributed by atoms with E-state index in [0.29, 0.717) is 24.0 Å². The van der Waals surface area contributed by atoms with Crippen molar-refractivity contribution in [1.82, 2.24) is 0 Å². The van der Waals surface area contributed by atoms with Crippen molar-refractivity contribution in [3.63, 3.8) is 0 Å². The molecule has 0 unspecified atom stereocenters. The molecular formula is C28H44O6S2. The van der Waals surface area contributed by atoms with Crippen molar-refractivity contribution in [2.24, 2.45) is 0 Å². The van der Waals surface area contributed by atoms with Gasteiger partial charge in [0.1, 0.15) is 9.79 Å². The van der Waals surface area contributed by atoms with Gasteiger partial charge in [-0.15, -0.1) is 0 Å². The second-order valence-electron chi connectivity index (χ2n) is 9.90. The van der Waals surface area contributed by atoms with Crippen molar-refractivity contribution in [3.05, 3.63) is 35.4 Å². The molecule has 0 aliphatic heterocycles. The Bertz CT molecular complexity index is 1080. The highest BCUT2D eigenvalue weighted by Gasteiger charge is 2.25. The topological polar surface area (TPSA) is 109 Å². The number of aryl methyl sites for hydroxylation is 2. The van der Waals surface area contributed by atoms with E-state index in [2.05, 4.69) is 13.8 Å². The Morgan fingerprint density at radius 1 is 0.500 bits per heavy atom. The lowest BCUT2D eigenvalue weighted by atomic mass is 9.98. The molecule has 0 saturated heterocycles. The Kier molecular flexibility index (Phi) is 12.9. The van der Waals surface area contributed by atoms with Crippen LogP contribution in [0.5, 0.6) is 0 Å². The number of rotatable bonds is 18. The highest BCUT2D eigenvalue weighted by molar-refractivity contribution is 7.86. The SMILES string of the molecule is CCCCCCCCCc1ccc2c(S(=O)(=O)O)c(CCCCCCCCC)ccc2c1S(=O)(=O)O. The van der Waals surface area contributed by atoms with Gasteiger partial charge in [0.25, 0.3) is 20.2 Å². The van der Waals surface area contributed by atoms with Gasteiger partial charge in [0.15, 0.2) is 0 Å². The Balaban J connectivity index is 2.29. The fourth-order valence-electron chi connectivity index (χ4n) is 4.99. The zero-order valence-corrected chi connectivity index (χ0v) is 23.6. The van der Waals surface area contributed by atoms with Crippen LogP contribution in [0.1, 0.15) is 115 Å². The van der Waals surface area contributed by atoms with Gasteiger partial charge in [0, 0.05) is 10.8 Å². The summed E-state index contributed by atoms with van der Waals surface area (Å²) >= 11 is 0. The molecule has 0 aromatic heterocycles. The second-order valence-corrected chi connectivity index (χ2v) is 12.6. The van der Waals surface area contributed by atoms with Crippen LogP contribution < -0.4 is 0 Å². The number of hydrogen-bond donors (Lipinski definition) is 2. The van der Waals surface area contributed by atoms with Crippen LogP contribution in [0.3, 0.4) is 0 Å². The monoisotopic (exact) mass is 540 g/mol. The van der Waals surface area contributed by atoms with Gasteiger partial charge < -0.3 is 0 Å². The Morgan fingerprint density at radius 3 is 1.11 bits per heavy atom. The molecule has 8 heteroatoms. The van der Waals surface area contributed by atoms with E-state index < -0.39 is 20.2 Å². The smallest absolute Gasteiger partial charge is 0.282 e.